The number of carboxylic acids is 1. The number of carboxylic acid groups (broad SMARTS) is 1. The van der Waals surface area contributed by atoms with Crippen LogP contribution in [0.3, 0.4) is 0 Å². The third-order valence-corrected chi connectivity index (χ3v) is 3.42. The lowest BCUT2D eigenvalue weighted by Gasteiger charge is -2.38. The van der Waals surface area contributed by atoms with E-state index in [1.54, 1.807) is 24.0 Å². The van der Waals surface area contributed by atoms with Gasteiger partial charge in [0.05, 0.1) is 24.3 Å². The summed E-state index contributed by atoms with van der Waals surface area (Å²) in [6.07, 6.45) is 0. The maximum Gasteiger partial charge on any atom is 0.335 e. The molecule has 0 atom stereocenters. The van der Waals surface area contributed by atoms with Crippen LogP contribution in [-0.2, 0) is 4.74 Å². The van der Waals surface area contributed by atoms with Gasteiger partial charge in [0.25, 0.3) is 0 Å². The topological polar surface area (TPSA) is 78.9 Å². The Kier molecular flexibility index (Phi) is 4.18. The zero-order chi connectivity index (χ0) is 15.6. The second-order valence-electron chi connectivity index (χ2n) is 5.79. The van der Waals surface area contributed by atoms with Crippen LogP contribution in [0, 0.1) is 6.92 Å². The average Bonchev–Trinajstić information content (AvgIpc) is 2.37. The Morgan fingerprint density at radius 1 is 1.38 bits per heavy atom. The molecule has 0 unspecified atom stereocenters. The first-order valence-electron chi connectivity index (χ1n) is 6.82. The van der Waals surface area contributed by atoms with Gasteiger partial charge in [0.2, 0.25) is 0 Å². The van der Waals surface area contributed by atoms with Crippen LogP contribution in [0.5, 0.6) is 0 Å². The van der Waals surface area contributed by atoms with Gasteiger partial charge in [0.1, 0.15) is 0 Å². The van der Waals surface area contributed by atoms with Gasteiger partial charge in [-0.3, -0.25) is 0 Å². The molecule has 6 heteroatoms. The lowest BCUT2D eigenvalue weighted by Crippen LogP contribution is -2.51. The van der Waals surface area contributed by atoms with Gasteiger partial charge in [0.15, 0.2) is 0 Å². The van der Waals surface area contributed by atoms with E-state index in [2.05, 4.69) is 5.32 Å². The van der Waals surface area contributed by atoms with Gasteiger partial charge in [-0.1, -0.05) is 0 Å². The third-order valence-electron chi connectivity index (χ3n) is 3.42. The highest BCUT2D eigenvalue weighted by molar-refractivity contribution is 5.92. The van der Waals surface area contributed by atoms with Crippen molar-refractivity contribution in [1.82, 2.24) is 4.90 Å². The van der Waals surface area contributed by atoms with Crippen molar-refractivity contribution in [2.24, 2.45) is 0 Å². The molecule has 114 valence electrons. The molecule has 1 aliphatic rings. The second-order valence-corrected chi connectivity index (χ2v) is 5.79. The summed E-state index contributed by atoms with van der Waals surface area (Å²) in [6.45, 7) is 7.16. The molecule has 2 amide bonds. The number of carbonyl (C=O) groups is 2. The van der Waals surface area contributed by atoms with Crippen molar-refractivity contribution in [1.29, 1.82) is 0 Å². The predicted molar refractivity (Wildman–Crippen MR) is 78.8 cm³/mol. The van der Waals surface area contributed by atoms with Crippen molar-refractivity contribution in [3.63, 3.8) is 0 Å². The number of urea groups is 1. The number of ether oxygens (including phenoxy) is 1. The number of carbonyl (C=O) groups excluding carboxylic acids is 1. The van der Waals surface area contributed by atoms with Crippen LogP contribution in [-0.4, -0.2) is 47.3 Å². The fourth-order valence-corrected chi connectivity index (χ4v) is 2.37. The lowest BCUT2D eigenvalue weighted by molar-refractivity contribution is -0.0720. The minimum Gasteiger partial charge on any atom is -0.478 e. The van der Waals surface area contributed by atoms with Gasteiger partial charge in [0, 0.05) is 12.2 Å². The molecule has 0 bridgehead atoms. The van der Waals surface area contributed by atoms with Crippen molar-refractivity contribution in [2.45, 2.75) is 26.4 Å². The first-order chi connectivity index (χ1) is 9.78. The van der Waals surface area contributed by atoms with E-state index in [-0.39, 0.29) is 17.2 Å². The minimum absolute atomic E-state index is 0.200. The summed E-state index contributed by atoms with van der Waals surface area (Å²) < 4.78 is 5.57. The number of aryl methyl sites for hydroxylation is 1. The number of nitrogens with zero attached hydrogens (tertiary/aromatic N) is 1. The lowest BCUT2D eigenvalue weighted by atomic mass is 10.1. The number of aromatic carboxylic acids is 1. The largest absolute Gasteiger partial charge is 0.478 e. The normalized spacial score (nSPS) is 17.4. The van der Waals surface area contributed by atoms with Crippen molar-refractivity contribution in [3.05, 3.63) is 29.3 Å². The Hall–Kier alpha value is -2.08. The SMILES string of the molecule is Cc1cc(NC(=O)N2CCOC(C)(C)C2)ccc1C(=O)O. The first kappa shape index (κ1) is 15.3. The summed E-state index contributed by atoms with van der Waals surface area (Å²) in [5.74, 6) is -0.972. The van der Waals surface area contributed by atoms with Crippen LogP contribution < -0.4 is 5.32 Å². The molecule has 1 aromatic rings. The van der Waals surface area contributed by atoms with Crippen molar-refractivity contribution < 1.29 is 19.4 Å². The third kappa shape index (κ3) is 3.72. The van der Waals surface area contributed by atoms with E-state index in [9.17, 15) is 9.59 Å². The number of benzene rings is 1. The standard InChI is InChI=1S/C15H20N2O4/c1-10-8-11(4-5-12(10)13(18)19)16-14(20)17-6-7-21-15(2,3)9-17/h4-5,8H,6-7,9H2,1-3H3,(H,16,20)(H,18,19). The van der Waals surface area contributed by atoms with Crippen molar-refractivity contribution >= 4 is 17.7 Å². The number of amides is 2. The van der Waals surface area contributed by atoms with Gasteiger partial charge in [-0.05, 0) is 44.5 Å². The molecule has 0 saturated carbocycles. The fraction of sp³-hybridized carbons (Fsp3) is 0.467. The summed E-state index contributed by atoms with van der Waals surface area (Å²) in [5.41, 5.74) is 1.09. The first-order valence-corrected chi connectivity index (χ1v) is 6.82. The van der Waals surface area contributed by atoms with Crippen LogP contribution in [0.2, 0.25) is 0 Å². The monoisotopic (exact) mass is 292 g/mol. The average molecular weight is 292 g/mol. The molecule has 0 spiro atoms. The molecule has 1 aliphatic heterocycles. The minimum atomic E-state index is -0.972. The van der Waals surface area contributed by atoms with Gasteiger partial charge in [-0.25, -0.2) is 9.59 Å². The Morgan fingerprint density at radius 2 is 2.10 bits per heavy atom. The Balaban J connectivity index is 2.06. The summed E-state index contributed by atoms with van der Waals surface area (Å²) in [5, 5.41) is 11.8. The van der Waals surface area contributed by atoms with Gasteiger partial charge >= 0.3 is 12.0 Å². The molecule has 1 saturated heterocycles. The van der Waals surface area contributed by atoms with Crippen LogP contribution in [0.1, 0.15) is 29.8 Å². The predicted octanol–water partition coefficient (Wildman–Crippen LogP) is 2.34. The van der Waals surface area contributed by atoms with Crippen LogP contribution >= 0.6 is 0 Å². The van der Waals surface area contributed by atoms with Gasteiger partial charge < -0.3 is 20.1 Å². The van der Waals surface area contributed by atoms with E-state index in [0.29, 0.717) is 30.9 Å². The van der Waals surface area contributed by atoms with Gasteiger partial charge in [-0.15, -0.1) is 0 Å². The molecular weight excluding hydrogens is 272 g/mol. The summed E-state index contributed by atoms with van der Waals surface area (Å²) >= 11 is 0. The quantitative estimate of drug-likeness (QED) is 0.877. The molecule has 1 fully saturated rings. The van der Waals surface area contributed by atoms with Crippen LogP contribution in [0.15, 0.2) is 18.2 Å². The van der Waals surface area contributed by atoms with E-state index in [0.717, 1.165) is 0 Å². The number of hydrogen-bond acceptors (Lipinski definition) is 3. The number of anilines is 1. The molecule has 0 aromatic heterocycles. The fourth-order valence-electron chi connectivity index (χ4n) is 2.37. The molecule has 6 nitrogen and oxygen atoms in total. The zero-order valence-electron chi connectivity index (χ0n) is 12.5. The Bertz CT molecular complexity index is 569. The molecular formula is C15H20N2O4. The summed E-state index contributed by atoms with van der Waals surface area (Å²) in [4.78, 5) is 24.9. The van der Waals surface area contributed by atoms with Crippen LogP contribution in [0.4, 0.5) is 10.5 Å². The maximum absolute atomic E-state index is 12.2. The molecule has 1 aromatic carbocycles. The molecule has 1 heterocycles. The highest BCUT2D eigenvalue weighted by atomic mass is 16.5. The number of nitrogens with one attached hydrogen (secondary N) is 1. The zero-order valence-corrected chi connectivity index (χ0v) is 12.5. The molecule has 0 aliphatic carbocycles. The second kappa shape index (κ2) is 5.73. The summed E-state index contributed by atoms with van der Waals surface area (Å²) in [7, 11) is 0. The van der Waals surface area contributed by atoms with Crippen molar-refractivity contribution in [3.8, 4) is 0 Å². The number of hydrogen-bond donors (Lipinski definition) is 2. The van der Waals surface area contributed by atoms with E-state index in [1.807, 2.05) is 13.8 Å². The number of rotatable bonds is 2. The van der Waals surface area contributed by atoms with Crippen molar-refractivity contribution in [2.75, 3.05) is 25.0 Å². The van der Waals surface area contributed by atoms with E-state index < -0.39 is 5.97 Å². The maximum atomic E-state index is 12.2. The van der Waals surface area contributed by atoms with E-state index in [4.69, 9.17) is 9.84 Å². The highest BCUT2D eigenvalue weighted by Crippen LogP contribution is 2.19. The Morgan fingerprint density at radius 3 is 2.67 bits per heavy atom. The highest BCUT2D eigenvalue weighted by Gasteiger charge is 2.29. The van der Waals surface area contributed by atoms with Gasteiger partial charge in [-0.2, -0.15) is 0 Å². The molecule has 21 heavy (non-hydrogen) atoms. The molecule has 2 N–H and O–H groups in total. The molecule has 2 rings (SSSR count). The van der Waals surface area contributed by atoms with E-state index >= 15 is 0 Å². The smallest absolute Gasteiger partial charge is 0.335 e. The Labute approximate surface area is 123 Å². The summed E-state index contributed by atoms with van der Waals surface area (Å²) in [6, 6.07) is 4.55. The molecule has 0 radical (unpaired) electrons. The van der Waals surface area contributed by atoms with Crippen LogP contribution in [0.25, 0.3) is 0 Å². The number of morpholine rings is 1. The van der Waals surface area contributed by atoms with E-state index in [1.165, 1.54) is 6.07 Å².